The van der Waals surface area contributed by atoms with E-state index in [2.05, 4.69) is 12.2 Å². The Kier molecular flexibility index (Phi) is 6.01. The average molecular weight is 340 g/mol. The number of piperidine rings is 1. The highest BCUT2D eigenvalue weighted by molar-refractivity contribution is 7.88. The van der Waals surface area contributed by atoms with Crippen molar-refractivity contribution >= 4 is 15.9 Å². The number of nitrogens with zero attached hydrogens (tertiary/aromatic N) is 1. The van der Waals surface area contributed by atoms with Crippen molar-refractivity contribution in [2.24, 2.45) is 0 Å². The minimum Gasteiger partial charge on any atom is -0.484 e. The second kappa shape index (κ2) is 7.79. The van der Waals surface area contributed by atoms with Crippen molar-refractivity contribution in [3.05, 3.63) is 29.8 Å². The number of ether oxygens (including phenoxy) is 1. The lowest BCUT2D eigenvalue weighted by molar-refractivity contribution is -0.124. The largest absolute Gasteiger partial charge is 0.484 e. The molecule has 0 atom stereocenters. The van der Waals surface area contributed by atoms with Gasteiger partial charge in [-0.15, -0.1) is 0 Å². The predicted octanol–water partition coefficient (Wildman–Crippen LogP) is 1.17. The highest BCUT2D eigenvalue weighted by atomic mass is 32.2. The van der Waals surface area contributed by atoms with E-state index in [1.165, 1.54) is 16.1 Å². The van der Waals surface area contributed by atoms with Crippen LogP contribution in [0.4, 0.5) is 0 Å². The zero-order valence-electron chi connectivity index (χ0n) is 13.6. The molecule has 2 rings (SSSR count). The van der Waals surface area contributed by atoms with Gasteiger partial charge in [-0.1, -0.05) is 19.1 Å². The molecule has 1 aliphatic heterocycles. The maximum Gasteiger partial charge on any atom is 0.258 e. The maximum absolute atomic E-state index is 11.9. The average Bonchev–Trinajstić information content (AvgIpc) is 2.53. The number of carbonyl (C=O) groups excluding carboxylic acids is 1. The van der Waals surface area contributed by atoms with Gasteiger partial charge in [-0.05, 0) is 37.0 Å². The topological polar surface area (TPSA) is 75.7 Å². The van der Waals surface area contributed by atoms with Gasteiger partial charge in [0, 0.05) is 19.1 Å². The highest BCUT2D eigenvalue weighted by Gasteiger charge is 2.25. The van der Waals surface area contributed by atoms with Gasteiger partial charge in [-0.25, -0.2) is 12.7 Å². The summed E-state index contributed by atoms with van der Waals surface area (Å²) in [6, 6.07) is 7.68. The van der Waals surface area contributed by atoms with Gasteiger partial charge in [-0.3, -0.25) is 4.79 Å². The Bertz CT molecular complexity index is 620. The molecule has 1 heterocycles. The monoisotopic (exact) mass is 340 g/mol. The van der Waals surface area contributed by atoms with Crippen molar-refractivity contribution in [3.8, 4) is 5.75 Å². The SMILES string of the molecule is CCc1ccc(OCC(=O)NC2CCN(S(C)(=O)=O)CC2)cc1. The van der Waals surface area contributed by atoms with Gasteiger partial charge in [0.05, 0.1) is 6.26 Å². The summed E-state index contributed by atoms with van der Waals surface area (Å²) in [7, 11) is -3.13. The van der Waals surface area contributed by atoms with Crippen LogP contribution in [0.3, 0.4) is 0 Å². The molecular weight excluding hydrogens is 316 g/mol. The van der Waals surface area contributed by atoms with E-state index in [0.717, 1.165) is 6.42 Å². The fourth-order valence-corrected chi connectivity index (χ4v) is 3.45. The lowest BCUT2D eigenvalue weighted by atomic mass is 10.1. The fourth-order valence-electron chi connectivity index (χ4n) is 2.57. The molecule has 6 nitrogen and oxygen atoms in total. The van der Waals surface area contributed by atoms with E-state index in [9.17, 15) is 13.2 Å². The van der Waals surface area contributed by atoms with E-state index in [4.69, 9.17) is 4.74 Å². The molecule has 1 aliphatic rings. The van der Waals surface area contributed by atoms with Crippen LogP contribution >= 0.6 is 0 Å². The zero-order chi connectivity index (χ0) is 16.9. The second-order valence-electron chi connectivity index (χ2n) is 5.79. The van der Waals surface area contributed by atoms with Crippen LogP contribution in [0, 0.1) is 0 Å². The summed E-state index contributed by atoms with van der Waals surface area (Å²) in [5.41, 5.74) is 1.22. The Morgan fingerprint density at radius 1 is 1.26 bits per heavy atom. The normalized spacial score (nSPS) is 17.0. The minimum absolute atomic E-state index is 0.00608. The summed E-state index contributed by atoms with van der Waals surface area (Å²) >= 11 is 0. The molecule has 1 amide bonds. The van der Waals surface area contributed by atoms with Crippen LogP contribution in [0.5, 0.6) is 5.75 Å². The first-order valence-electron chi connectivity index (χ1n) is 7.84. The van der Waals surface area contributed by atoms with Gasteiger partial charge in [0.15, 0.2) is 6.61 Å². The van der Waals surface area contributed by atoms with Crippen molar-refractivity contribution in [2.75, 3.05) is 26.0 Å². The molecule has 1 fully saturated rings. The summed E-state index contributed by atoms with van der Waals surface area (Å²) in [5.74, 6) is 0.492. The molecule has 0 spiro atoms. The van der Waals surface area contributed by atoms with Crippen LogP contribution in [0.2, 0.25) is 0 Å². The summed E-state index contributed by atoms with van der Waals surface area (Å²) in [6.07, 6.45) is 3.44. The zero-order valence-corrected chi connectivity index (χ0v) is 14.4. The summed E-state index contributed by atoms with van der Waals surface area (Å²) < 4.78 is 29.8. The Morgan fingerprint density at radius 2 is 1.87 bits per heavy atom. The van der Waals surface area contributed by atoms with Gasteiger partial charge in [0.2, 0.25) is 10.0 Å². The van der Waals surface area contributed by atoms with Crippen LogP contribution in [-0.4, -0.2) is 50.6 Å². The van der Waals surface area contributed by atoms with Crippen molar-refractivity contribution in [1.29, 1.82) is 0 Å². The number of rotatable bonds is 6. The van der Waals surface area contributed by atoms with Crippen molar-refractivity contribution in [2.45, 2.75) is 32.2 Å². The highest BCUT2D eigenvalue weighted by Crippen LogP contribution is 2.14. The Balaban J connectivity index is 1.73. The number of sulfonamides is 1. The van der Waals surface area contributed by atoms with E-state index < -0.39 is 10.0 Å². The predicted molar refractivity (Wildman–Crippen MR) is 88.9 cm³/mol. The van der Waals surface area contributed by atoms with Crippen LogP contribution in [0.15, 0.2) is 24.3 Å². The molecular formula is C16H24N2O4S. The number of benzene rings is 1. The second-order valence-corrected chi connectivity index (χ2v) is 7.77. The molecule has 1 saturated heterocycles. The first-order chi connectivity index (χ1) is 10.9. The lowest BCUT2D eigenvalue weighted by Crippen LogP contribution is -2.47. The van der Waals surface area contributed by atoms with Gasteiger partial charge in [0.25, 0.3) is 5.91 Å². The number of hydrogen-bond acceptors (Lipinski definition) is 4. The number of aryl methyl sites for hydroxylation is 1. The Morgan fingerprint density at radius 3 is 2.39 bits per heavy atom. The molecule has 128 valence electrons. The first kappa shape index (κ1) is 17.7. The van der Waals surface area contributed by atoms with Crippen LogP contribution in [0.25, 0.3) is 0 Å². The third-order valence-electron chi connectivity index (χ3n) is 3.99. The van der Waals surface area contributed by atoms with Gasteiger partial charge >= 0.3 is 0 Å². The van der Waals surface area contributed by atoms with Crippen molar-refractivity contribution in [1.82, 2.24) is 9.62 Å². The van der Waals surface area contributed by atoms with Gasteiger partial charge in [0.1, 0.15) is 5.75 Å². The fraction of sp³-hybridized carbons (Fsp3) is 0.562. The molecule has 23 heavy (non-hydrogen) atoms. The molecule has 1 aromatic carbocycles. The lowest BCUT2D eigenvalue weighted by Gasteiger charge is -2.30. The molecule has 0 unspecified atom stereocenters. The molecule has 0 aromatic heterocycles. The van der Waals surface area contributed by atoms with Gasteiger partial charge < -0.3 is 10.1 Å². The molecule has 0 saturated carbocycles. The molecule has 0 aliphatic carbocycles. The first-order valence-corrected chi connectivity index (χ1v) is 9.69. The standard InChI is InChI=1S/C16H24N2O4S/c1-3-13-4-6-15(7-5-13)22-12-16(19)17-14-8-10-18(11-9-14)23(2,20)21/h4-7,14H,3,8-12H2,1-2H3,(H,17,19). The van der Waals surface area contributed by atoms with E-state index >= 15 is 0 Å². The maximum atomic E-state index is 11.9. The molecule has 1 N–H and O–H groups in total. The van der Waals surface area contributed by atoms with Crippen LogP contribution in [-0.2, 0) is 21.2 Å². The molecule has 0 bridgehead atoms. The van der Waals surface area contributed by atoms with Crippen LogP contribution in [0.1, 0.15) is 25.3 Å². The van der Waals surface area contributed by atoms with Crippen LogP contribution < -0.4 is 10.1 Å². The number of hydrogen-bond donors (Lipinski definition) is 1. The Labute approximate surface area is 137 Å². The van der Waals surface area contributed by atoms with E-state index in [1.54, 1.807) is 0 Å². The quantitative estimate of drug-likeness (QED) is 0.843. The summed E-state index contributed by atoms with van der Waals surface area (Å²) in [5, 5.41) is 2.90. The Hall–Kier alpha value is -1.60. The number of nitrogens with one attached hydrogen (secondary N) is 1. The third kappa shape index (κ3) is 5.51. The van der Waals surface area contributed by atoms with Crippen molar-refractivity contribution in [3.63, 3.8) is 0 Å². The van der Waals surface area contributed by atoms with Gasteiger partial charge in [-0.2, -0.15) is 0 Å². The molecule has 0 radical (unpaired) electrons. The minimum atomic E-state index is -3.13. The molecule has 7 heteroatoms. The number of amides is 1. The third-order valence-corrected chi connectivity index (χ3v) is 5.29. The van der Waals surface area contributed by atoms with E-state index in [-0.39, 0.29) is 18.6 Å². The number of carbonyl (C=O) groups is 1. The van der Waals surface area contributed by atoms with E-state index in [1.807, 2.05) is 24.3 Å². The smallest absolute Gasteiger partial charge is 0.258 e. The van der Waals surface area contributed by atoms with Crippen molar-refractivity contribution < 1.29 is 17.9 Å². The summed E-state index contributed by atoms with van der Waals surface area (Å²) in [6.45, 7) is 2.95. The van der Waals surface area contributed by atoms with E-state index in [0.29, 0.717) is 31.7 Å². The summed E-state index contributed by atoms with van der Waals surface area (Å²) in [4.78, 5) is 11.9. The molecule has 1 aromatic rings.